The molecule has 0 atom stereocenters. The van der Waals surface area contributed by atoms with Crippen molar-refractivity contribution in [3.8, 4) is 17.3 Å². The predicted octanol–water partition coefficient (Wildman–Crippen LogP) is 0.837. The summed E-state index contributed by atoms with van der Waals surface area (Å²) in [5, 5.41) is 12.5. The number of nitrogens with zero attached hydrogens (tertiary/aromatic N) is 3. The zero-order chi connectivity index (χ0) is 8.39. The Morgan fingerprint density at radius 2 is 2.17 bits per heavy atom. The van der Waals surface area contributed by atoms with Gasteiger partial charge in [0.1, 0.15) is 11.4 Å². The maximum atomic E-state index is 8.93. The van der Waals surface area contributed by atoms with E-state index in [1.165, 1.54) is 18.7 Å². The maximum Gasteiger partial charge on any atom is 0.220 e. The number of aromatic nitrogens is 3. The monoisotopic (exact) mass is 163 g/mol. The first-order valence-corrected chi connectivity index (χ1v) is 3.28. The van der Waals surface area contributed by atoms with E-state index in [1.54, 1.807) is 6.07 Å². The second-order valence-corrected chi connectivity index (χ2v) is 2.16. The third-order valence-electron chi connectivity index (χ3n) is 1.34. The number of pyridine rings is 1. The van der Waals surface area contributed by atoms with Gasteiger partial charge < -0.3 is 9.63 Å². The van der Waals surface area contributed by atoms with E-state index in [-0.39, 0.29) is 5.75 Å². The zero-order valence-electron chi connectivity index (χ0n) is 6.01. The molecule has 2 rings (SSSR count). The van der Waals surface area contributed by atoms with Crippen LogP contribution in [0, 0.1) is 0 Å². The smallest absolute Gasteiger partial charge is 0.220 e. The minimum absolute atomic E-state index is 0.113. The van der Waals surface area contributed by atoms with Crippen molar-refractivity contribution in [2.45, 2.75) is 0 Å². The van der Waals surface area contributed by atoms with E-state index in [9.17, 15) is 0 Å². The Hall–Kier alpha value is -1.91. The number of aromatic hydroxyl groups is 1. The lowest BCUT2D eigenvalue weighted by molar-refractivity contribution is 0.418. The van der Waals surface area contributed by atoms with Gasteiger partial charge in [-0.1, -0.05) is 5.16 Å². The molecule has 0 radical (unpaired) electrons. The minimum Gasteiger partial charge on any atom is -0.506 e. The number of hydrogen-bond donors (Lipinski definition) is 1. The van der Waals surface area contributed by atoms with Crippen molar-refractivity contribution in [3.05, 3.63) is 24.7 Å². The van der Waals surface area contributed by atoms with Crippen molar-refractivity contribution in [1.82, 2.24) is 15.1 Å². The van der Waals surface area contributed by atoms with Crippen LogP contribution in [0.1, 0.15) is 0 Å². The maximum absolute atomic E-state index is 8.93. The van der Waals surface area contributed by atoms with E-state index in [0.717, 1.165) is 0 Å². The molecule has 0 bridgehead atoms. The van der Waals surface area contributed by atoms with Gasteiger partial charge in [0, 0.05) is 0 Å². The van der Waals surface area contributed by atoms with Crippen LogP contribution in [0.15, 0.2) is 29.2 Å². The summed E-state index contributed by atoms with van der Waals surface area (Å²) < 4.78 is 4.54. The second kappa shape index (κ2) is 2.61. The molecule has 2 aromatic heterocycles. The summed E-state index contributed by atoms with van der Waals surface area (Å²) in [7, 11) is 0. The van der Waals surface area contributed by atoms with E-state index in [4.69, 9.17) is 5.11 Å². The van der Waals surface area contributed by atoms with Gasteiger partial charge in [-0.05, 0) is 12.1 Å². The fourth-order valence-electron chi connectivity index (χ4n) is 0.802. The van der Waals surface area contributed by atoms with Crippen LogP contribution in [-0.2, 0) is 0 Å². The topological polar surface area (TPSA) is 72.0 Å². The lowest BCUT2D eigenvalue weighted by Gasteiger charge is -1.92. The van der Waals surface area contributed by atoms with Gasteiger partial charge in [-0.15, -0.1) is 0 Å². The summed E-state index contributed by atoms with van der Waals surface area (Å²) in [4.78, 5) is 7.68. The molecule has 0 aliphatic rings. The molecule has 5 nitrogen and oxygen atoms in total. The molecular formula is C7H5N3O2. The Labute approximate surface area is 67.7 Å². The average Bonchev–Trinajstić information content (AvgIpc) is 2.58. The van der Waals surface area contributed by atoms with E-state index < -0.39 is 0 Å². The molecule has 0 fully saturated rings. The first-order chi connectivity index (χ1) is 5.86. The van der Waals surface area contributed by atoms with Gasteiger partial charge in [0.2, 0.25) is 12.2 Å². The molecule has 5 heteroatoms. The minimum atomic E-state index is 0.113. The van der Waals surface area contributed by atoms with Gasteiger partial charge in [-0.3, -0.25) is 0 Å². The van der Waals surface area contributed by atoms with Gasteiger partial charge in [-0.25, -0.2) is 4.98 Å². The normalized spacial score (nSPS) is 10.0. The largest absolute Gasteiger partial charge is 0.506 e. The Bertz CT molecular complexity index is 355. The predicted molar refractivity (Wildman–Crippen MR) is 39.2 cm³/mol. The first-order valence-electron chi connectivity index (χ1n) is 3.28. The fraction of sp³-hybridized carbons (Fsp3) is 0. The molecule has 0 unspecified atom stereocenters. The van der Waals surface area contributed by atoms with E-state index in [2.05, 4.69) is 19.6 Å². The molecule has 0 saturated carbocycles. The molecule has 1 N–H and O–H groups in total. The summed E-state index contributed by atoms with van der Waals surface area (Å²) in [6.45, 7) is 0. The molecule has 0 spiro atoms. The van der Waals surface area contributed by atoms with Crippen molar-refractivity contribution in [3.63, 3.8) is 0 Å². The summed E-state index contributed by atoms with van der Waals surface area (Å²) in [5.41, 5.74) is 0.571. The van der Waals surface area contributed by atoms with Gasteiger partial charge in [0.05, 0.1) is 6.20 Å². The lowest BCUT2D eigenvalue weighted by atomic mass is 10.3. The Kier molecular flexibility index (Phi) is 1.48. The molecule has 0 aliphatic carbocycles. The molecule has 12 heavy (non-hydrogen) atoms. The van der Waals surface area contributed by atoms with Crippen LogP contribution in [-0.4, -0.2) is 20.2 Å². The molecule has 0 saturated heterocycles. The quantitative estimate of drug-likeness (QED) is 0.674. The van der Waals surface area contributed by atoms with Crippen LogP contribution in [0.4, 0.5) is 0 Å². The van der Waals surface area contributed by atoms with Crippen LogP contribution >= 0.6 is 0 Å². The zero-order valence-corrected chi connectivity index (χ0v) is 6.01. The van der Waals surface area contributed by atoms with E-state index >= 15 is 0 Å². The Morgan fingerprint density at radius 1 is 1.25 bits per heavy atom. The van der Waals surface area contributed by atoms with Crippen molar-refractivity contribution < 1.29 is 9.63 Å². The molecular weight excluding hydrogens is 158 g/mol. The average molecular weight is 163 g/mol. The number of rotatable bonds is 1. The van der Waals surface area contributed by atoms with E-state index in [0.29, 0.717) is 11.5 Å². The lowest BCUT2D eigenvalue weighted by Crippen LogP contribution is -1.83. The summed E-state index contributed by atoms with van der Waals surface area (Å²) in [5.74, 6) is 0.525. The van der Waals surface area contributed by atoms with Crippen molar-refractivity contribution >= 4 is 0 Å². The summed E-state index contributed by atoms with van der Waals surface area (Å²) in [6, 6.07) is 3.12. The van der Waals surface area contributed by atoms with Crippen LogP contribution in [0.3, 0.4) is 0 Å². The SMILES string of the molecule is Oc1ccc(-c2ncon2)nc1. The highest BCUT2D eigenvalue weighted by Gasteiger charge is 2.02. The Balaban J connectivity index is 2.43. The molecule has 60 valence electrons. The van der Waals surface area contributed by atoms with Crippen molar-refractivity contribution in [1.29, 1.82) is 0 Å². The highest BCUT2D eigenvalue weighted by Crippen LogP contribution is 2.13. The molecule has 0 aromatic carbocycles. The van der Waals surface area contributed by atoms with Gasteiger partial charge >= 0.3 is 0 Å². The highest BCUT2D eigenvalue weighted by molar-refractivity contribution is 5.48. The van der Waals surface area contributed by atoms with Gasteiger partial charge in [-0.2, -0.15) is 4.98 Å². The van der Waals surface area contributed by atoms with Gasteiger partial charge in [0.25, 0.3) is 0 Å². The highest BCUT2D eigenvalue weighted by atomic mass is 16.5. The van der Waals surface area contributed by atoms with Gasteiger partial charge in [0.15, 0.2) is 0 Å². The standard InChI is InChI=1S/C7H5N3O2/c11-5-1-2-6(8-3-5)7-9-4-12-10-7/h1-4,11H. The summed E-state index contributed by atoms with van der Waals surface area (Å²) in [6.07, 6.45) is 2.55. The fourth-order valence-corrected chi connectivity index (χ4v) is 0.802. The molecule has 2 aromatic rings. The van der Waals surface area contributed by atoms with Crippen LogP contribution in [0.25, 0.3) is 11.5 Å². The molecule has 2 heterocycles. The van der Waals surface area contributed by atoms with Crippen molar-refractivity contribution in [2.75, 3.05) is 0 Å². The molecule has 0 amide bonds. The third-order valence-corrected chi connectivity index (χ3v) is 1.34. The number of hydrogen-bond acceptors (Lipinski definition) is 5. The van der Waals surface area contributed by atoms with E-state index in [1.807, 2.05) is 0 Å². The van der Waals surface area contributed by atoms with Crippen LogP contribution < -0.4 is 0 Å². The second-order valence-electron chi connectivity index (χ2n) is 2.16. The van der Waals surface area contributed by atoms with Crippen LogP contribution in [0.5, 0.6) is 5.75 Å². The van der Waals surface area contributed by atoms with Crippen molar-refractivity contribution in [2.24, 2.45) is 0 Å². The molecule has 0 aliphatic heterocycles. The third kappa shape index (κ3) is 1.12. The Morgan fingerprint density at radius 3 is 2.75 bits per heavy atom. The van der Waals surface area contributed by atoms with Crippen LogP contribution in [0.2, 0.25) is 0 Å². The summed E-state index contributed by atoms with van der Waals surface area (Å²) >= 11 is 0. The first kappa shape index (κ1) is 6.78.